The molecular formula is C19H25NO3. The molecule has 4 nitrogen and oxygen atoms in total. The quantitative estimate of drug-likeness (QED) is 0.881. The number of nitrogens with zero attached hydrogens (tertiary/aromatic N) is 1. The van der Waals surface area contributed by atoms with E-state index in [2.05, 4.69) is 17.0 Å². The number of hydrogen-bond acceptors (Lipinski definition) is 4. The second kappa shape index (κ2) is 6.85. The van der Waals surface area contributed by atoms with Gasteiger partial charge in [-0.3, -0.25) is 4.90 Å². The van der Waals surface area contributed by atoms with Gasteiger partial charge in [-0.1, -0.05) is 18.6 Å². The molecule has 1 N–H and O–H groups in total. The lowest BCUT2D eigenvalue weighted by Gasteiger charge is -2.35. The summed E-state index contributed by atoms with van der Waals surface area (Å²) in [6.45, 7) is 6.02. The number of aliphatic hydroxyl groups is 1. The zero-order valence-electron chi connectivity index (χ0n) is 14.0. The average molecular weight is 315 g/mol. The van der Waals surface area contributed by atoms with E-state index in [4.69, 9.17) is 4.42 Å². The van der Waals surface area contributed by atoms with Crippen molar-refractivity contribution < 1.29 is 9.52 Å². The summed E-state index contributed by atoms with van der Waals surface area (Å²) >= 11 is 0. The number of aliphatic hydroxyl groups excluding tert-OH is 1. The van der Waals surface area contributed by atoms with E-state index >= 15 is 0 Å². The van der Waals surface area contributed by atoms with Crippen LogP contribution >= 0.6 is 0 Å². The molecule has 2 heterocycles. The van der Waals surface area contributed by atoms with Crippen LogP contribution in [0.25, 0.3) is 11.0 Å². The largest absolute Gasteiger partial charge is 0.422 e. The van der Waals surface area contributed by atoms with Crippen molar-refractivity contribution in [1.82, 2.24) is 4.90 Å². The van der Waals surface area contributed by atoms with E-state index in [-0.39, 0.29) is 12.2 Å². The van der Waals surface area contributed by atoms with Gasteiger partial charge in [0.1, 0.15) is 5.58 Å². The topological polar surface area (TPSA) is 53.7 Å². The lowest BCUT2D eigenvalue weighted by atomic mass is 9.97. The highest BCUT2D eigenvalue weighted by atomic mass is 16.4. The number of fused-ring (bicyclic) bond motifs is 1. The monoisotopic (exact) mass is 315 g/mol. The maximum Gasteiger partial charge on any atom is 0.336 e. The third-order valence-corrected chi connectivity index (χ3v) is 5.10. The van der Waals surface area contributed by atoms with Gasteiger partial charge in [0.25, 0.3) is 0 Å². The minimum atomic E-state index is -0.281. The van der Waals surface area contributed by atoms with Crippen LogP contribution in [0.2, 0.25) is 0 Å². The SMILES string of the molecule is Cc1ccc2c(CN3CCCC[C@H]3CCO)cc(=O)oc2c1C. The first-order chi connectivity index (χ1) is 11.1. The summed E-state index contributed by atoms with van der Waals surface area (Å²) in [7, 11) is 0. The molecule has 1 aliphatic rings. The van der Waals surface area contributed by atoms with Crippen molar-refractivity contribution in [2.24, 2.45) is 0 Å². The Morgan fingerprint density at radius 2 is 2.13 bits per heavy atom. The second-order valence-corrected chi connectivity index (χ2v) is 6.61. The van der Waals surface area contributed by atoms with E-state index in [9.17, 15) is 9.90 Å². The van der Waals surface area contributed by atoms with Crippen LogP contribution in [0.4, 0.5) is 0 Å². The molecule has 1 aliphatic heterocycles. The van der Waals surface area contributed by atoms with Gasteiger partial charge in [0.2, 0.25) is 0 Å². The molecule has 0 saturated carbocycles. The highest BCUT2D eigenvalue weighted by Gasteiger charge is 2.23. The molecule has 1 atom stereocenters. The maximum absolute atomic E-state index is 12.0. The summed E-state index contributed by atoms with van der Waals surface area (Å²) < 4.78 is 5.46. The summed E-state index contributed by atoms with van der Waals surface area (Å²) in [6, 6.07) is 6.17. The summed E-state index contributed by atoms with van der Waals surface area (Å²) in [5, 5.41) is 10.3. The molecule has 3 rings (SSSR count). The summed E-state index contributed by atoms with van der Waals surface area (Å²) in [5.41, 5.74) is 3.63. The van der Waals surface area contributed by atoms with Crippen molar-refractivity contribution in [2.45, 2.75) is 52.1 Å². The Morgan fingerprint density at radius 3 is 2.91 bits per heavy atom. The minimum Gasteiger partial charge on any atom is -0.422 e. The zero-order chi connectivity index (χ0) is 16.4. The number of hydrogen-bond donors (Lipinski definition) is 1. The average Bonchev–Trinajstić information content (AvgIpc) is 2.53. The van der Waals surface area contributed by atoms with Gasteiger partial charge in [-0.15, -0.1) is 0 Å². The number of benzene rings is 1. The second-order valence-electron chi connectivity index (χ2n) is 6.61. The molecule has 124 valence electrons. The summed E-state index contributed by atoms with van der Waals surface area (Å²) in [5.74, 6) is 0. The molecule has 2 aromatic rings. The Labute approximate surface area is 136 Å². The van der Waals surface area contributed by atoms with Gasteiger partial charge in [-0.05, 0) is 56.3 Å². The normalized spacial score (nSPS) is 19.3. The van der Waals surface area contributed by atoms with E-state index in [0.29, 0.717) is 11.6 Å². The molecule has 1 saturated heterocycles. The van der Waals surface area contributed by atoms with Gasteiger partial charge in [0.15, 0.2) is 0 Å². The lowest BCUT2D eigenvalue weighted by molar-refractivity contribution is 0.113. The molecule has 1 fully saturated rings. The maximum atomic E-state index is 12.0. The Morgan fingerprint density at radius 1 is 1.30 bits per heavy atom. The van der Waals surface area contributed by atoms with Crippen molar-refractivity contribution in [1.29, 1.82) is 0 Å². The van der Waals surface area contributed by atoms with Crippen LogP contribution in [0, 0.1) is 13.8 Å². The van der Waals surface area contributed by atoms with Crippen LogP contribution < -0.4 is 5.63 Å². The molecule has 0 radical (unpaired) electrons. The van der Waals surface area contributed by atoms with Gasteiger partial charge in [-0.25, -0.2) is 4.79 Å². The third kappa shape index (κ3) is 3.33. The van der Waals surface area contributed by atoms with Crippen LogP contribution in [-0.4, -0.2) is 29.2 Å². The summed E-state index contributed by atoms with van der Waals surface area (Å²) in [4.78, 5) is 14.4. The fourth-order valence-electron chi connectivity index (χ4n) is 3.62. The molecule has 0 spiro atoms. The first kappa shape index (κ1) is 16.2. The van der Waals surface area contributed by atoms with Crippen LogP contribution in [0.5, 0.6) is 0 Å². The molecule has 23 heavy (non-hydrogen) atoms. The van der Waals surface area contributed by atoms with E-state index < -0.39 is 0 Å². The molecule has 1 aromatic carbocycles. The number of aryl methyl sites for hydroxylation is 2. The highest BCUT2D eigenvalue weighted by molar-refractivity contribution is 5.83. The van der Waals surface area contributed by atoms with Gasteiger partial charge in [0.05, 0.1) is 0 Å². The van der Waals surface area contributed by atoms with Crippen LogP contribution in [0.3, 0.4) is 0 Å². The fourth-order valence-corrected chi connectivity index (χ4v) is 3.62. The predicted octanol–water partition coefficient (Wildman–Crippen LogP) is 3.15. The highest BCUT2D eigenvalue weighted by Crippen LogP contribution is 2.27. The standard InChI is InChI=1S/C19H25NO3/c1-13-6-7-17-15(11-18(22)23-19(17)14(13)2)12-20-9-4-3-5-16(20)8-10-21/h6-7,11,16,21H,3-5,8-10,12H2,1-2H3/t16-/m0/s1. The molecule has 0 unspecified atom stereocenters. The zero-order valence-corrected chi connectivity index (χ0v) is 14.0. The van der Waals surface area contributed by atoms with Crippen LogP contribution in [0.15, 0.2) is 27.4 Å². The van der Waals surface area contributed by atoms with Gasteiger partial charge < -0.3 is 9.52 Å². The Kier molecular flexibility index (Phi) is 4.83. The number of likely N-dealkylation sites (tertiary alicyclic amines) is 1. The smallest absolute Gasteiger partial charge is 0.336 e. The number of piperidine rings is 1. The van der Waals surface area contributed by atoms with E-state index in [1.165, 1.54) is 12.8 Å². The van der Waals surface area contributed by atoms with Crippen molar-refractivity contribution in [3.05, 3.63) is 45.3 Å². The predicted molar refractivity (Wildman–Crippen MR) is 91.7 cm³/mol. The molecular weight excluding hydrogens is 290 g/mol. The lowest BCUT2D eigenvalue weighted by Crippen LogP contribution is -2.39. The van der Waals surface area contributed by atoms with Gasteiger partial charge in [0, 0.05) is 30.6 Å². The first-order valence-electron chi connectivity index (χ1n) is 8.48. The molecule has 0 bridgehead atoms. The van der Waals surface area contributed by atoms with E-state index in [1.54, 1.807) is 6.07 Å². The van der Waals surface area contributed by atoms with Gasteiger partial charge in [-0.2, -0.15) is 0 Å². The minimum absolute atomic E-state index is 0.219. The van der Waals surface area contributed by atoms with E-state index in [0.717, 1.165) is 48.0 Å². The van der Waals surface area contributed by atoms with Crippen molar-refractivity contribution in [3.63, 3.8) is 0 Å². The Balaban J connectivity index is 1.99. The first-order valence-corrected chi connectivity index (χ1v) is 8.48. The molecule has 0 aliphatic carbocycles. The van der Waals surface area contributed by atoms with Crippen molar-refractivity contribution >= 4 is 11.0 Å². The van der Waals surface area contributed by atoms with E-state index in [1.807, 2.05) is 13.8 Å². The van der Waals surface area contributed by atoms with Crippen LogP contribution in [0.1, 0.15) is 42.4 Å². The van der Waals surface area contributed by atoms with Crippen molar-refractivity contribution in [2.75, 3.05) is 13.2 Å². The van der Waals surface area contributed by atoms with Crippen LogP contribution in [-0.2, 0) is 6.54 Å². The molecule has 4 heteroatoms. The van der Waals surface area contributed by atoms with Crippen molar-refractivity contribution in [3.8, 4) is 0 Å². The number of rotatable bonds is 4. The van der Waals surface area contributed by atoms with Gasteiger partial charge >= 0.3 is 5.63 Å². The molecule has 0 amide bonds. The fraction of sp³-hybridized carbons (Fsp3) is 0.526. The Hall–Kier alpha value is -1.65. The third-order valence-electron chi connectivity index (χ3n) is 5.10. The molecule has 1 aromatic heterocycles. The Bertz CT molecular complexity index is 748. The summed E-state index contributed by atoms with van der Waals surface area (Å²) in [6.07, 6.45) is 4.33.